The number of hydrogen-bond acceptors (Lipinski definition) is 5. The summed E-state index contributed by atoms with van der Waals surface area (Å²) in [4.78, 5) is 24.4. The molecule has 1 heterocycles. The molecule has 2 amide bonds. The minimum atomic E-state index is -0.134. The molecule has 8 heteroatoms. The molecule has 29 heavy (non-hydrogen) atoms. The summed E-state index contributed by atoms with van der Waals surface area (Å²) >= 11 is 0. The molecule has 1 aliphatic rings. The summed E-state index contributed by atoms with van der Waals surface area (Å²) in [6.45, 7) is 0.146. The third-order valence-corrected chi connectivity index (χ3v) is 5.05. The lowest BCUT2D eigenvalue weighted by atomic mass is 10.1. The summed E-state index contributed by atoms with van der Waals surface area (Å²) in [6, 6.07) is 5.80. The van der Waals surface area contributed by atoms with Crippen LogP contribution in [0.25, 0.3) is 0 Å². The zero-order valence-corrected chi connectivity index (χ0v) is 16.9. The molecule has 0 spiro atoms. The maximum Gasteiger partial charge on any atom is 0.241 e. The van der Waals surface area contributed by atoms with Gasteiger partial charge in [0, 0.05) is 18.7 Å². The maximum atomic E-state index is 12.3. The number of carbonyl (C=O) groups excluding carboxylic acids is 2. The Bertz CT molecular complexity index is 843. The van der Waals surface area contributed by atoms with Crippen molar-refractivity contribution in [2.45, 2.75) is 51.1 Å². The number of nitrogens with zero attached hydrogens (tertiary/aromatic N) is 2. The van der Waals surface area contributed by atoms with Crippen molar-refractivity contribution in [2.75, 3.05) is 19.5 Å². The number of nitrogens with one attached hydrogen (secondary N) is 2. The van der Waals surface area contributed by atoms with Gasteiger partial charge >= 0.3 is 0 Å². The largest absolute Gasteiger partial charge is 0.497 e. The molecule has 1 fully saturated rings. The lowest BCUT2D eigenvalue weighted by Crippen LogP contribution is -2.35. The quantitative estimate of drug-likeness (QED) is 0.675. The van der Waals surface area contributed by atoms with Crippen LogP contribution in [0.1, 0.15) is 37.7 Å². The van der Waals surface area contributed by atoms with Gasteiger partial charge in [-0.25, -0.2) is 0 Å². The molecule has 0 unspecified atom stereocenters. The number of methoxy groups -OCH3 is 2. The van der Waals surface area contributed by atoms with Gasteiger partial charge in [0.05, 0.1) is 26.1 Å². The summed E-state index contributed by atoms with van der Waals surface area (Å²) < 4.78 is 12.1. The van der Waals surface area contributed by atoms with Gasteiger partial charge in [0.25, 0.3) is 0 Å². The number of benzene rings is 1. The lowest BCUT2D eigenvalue weighted by Gasteiger charge is -2.11. The van der Waals surface area contributed by atoms with Gasteiger partial charge in [-0.2, -0.15) is 5.10 Å². The van der Waals surface area contributed by atoms with E-state index in [9.17, 15) is 9.59 Å². The molecule has 1 saturated carbocycles. The summed E-state index contributed by atoms with van der Waals surface area (Å²) in [5, 5.41) is 10.0. The van der Waals surface area contributed by atoms with Gasteiger partial charge in [0.2, 0.25) is 11.8 Å². The zero-order chi connectivity index (χ0) is 20.6. The van der Waals surface area contributed by atoms with Gasteiger partial charge in [0.1, 0.15) is 18.0 Å². The third-order valence-electron chi connectivity index (χ3n) is 5.05. The van der Waals surface area contributed by atoms with Crippen LogP contribution in [0.2, 0.25) is 0 Å². The van der Waals surface area contributed by atoms with E-state index in [1.54, 1.807) is 26.6 Å². The number of aryl methyl sites for hydroxylation is 1. The molecule has 1 aromatic carbocycles. The van der Waals surface area contributed by atoms with Crippen molar-refractivity contribution in [3.8, 4) is 11.5 Å². The highest BCUT2D eigenvalue weighted by Crippen LogP contribution is 2.25. The Kier molecular flexibility index (Phi) is 7.10. The van der Waals surface area contributed by atoms with Crippen LogP contribution in [0, 0.1) is 0 Å². The minimum absolute atomic E-state index is 0.0528. The number of hydrogen-bond donors (Lipinski definition) is 2. The van der Waals surface area contributed by atoms with E-state index in [1.165, 1.54) is 17.5 Å². The van der Waals surface area contributed by atoms with Crippen LogP contribution < -0.4 is 20.1 Å². The van der Waals surface area contributed by atoms with Crippen LogP contribution in [0.15, 0.2) is 30.6 Å². The van der Waals surface area contributed by atoms with Crippen LogP contribution in [0.4, 0.5) is 5.69 Å². The second kappa shape index (κ2) is 9.95. The van der Waals surface area contributed by atoms with Gasteiger partial charge in [-0.3, -0.25) is 14.3 Å². The van der Waals surface area contributed by atoms with E-state index < -0.39 is 0 Å². The van der Waals surface area contributed by atoms with Crippen molar-refractivity contribution in [1.82, 2.24) is 15.1 Å². The van der Waals surface area contributed by atoms with Gasteiger partial charge in [-0.1, -0.05) is 12.8 Å². The predicted molar refractivity (Wildman–Crippen MR) is 109 cm³/mol. The summed E-state index contributed by atoms with van der Waals surface area (Å²) in [5.41, 5.74) is 1.47. The highest BCUT2D eigenvalue weighted by Gasteiger charge is 2.17. The normalized spacial score (nSPS) is 13.9. The fourth-order valence-corrected chi connectivity index (χ4v) is 3.55. The highest BCUT2D eigenvalue weighted by molar-refractivity contribution is 5.90. The average molecular weight is 400 g/mol. The van der Waals surface area contributed by atoms with Crippen LogP contribution in [0.5, 0.6) is 11.5 Å². The van der Waals surface area contributed by atoms with E-state index in [-0.39, 0.29) is 30.8 Å². The number of anilines is 1. The molecular weight excluding hydrogens is 372 g/mol. The van der Waals surface area contributed by atoms with Crippen molar-refractivity contribution >= 4 is 17.5 Å². The molecule has 0 bridgehead atoms. The van der Waals surface area contributed by atoms with Crippen LogP contribution in [0.3, 0.4) is 0 Å². The first-order valence-corrected chi connectivity index (χ1v) is 9.90. The number of aromatic nitrogens is 2. The van der Waals surface area contributed by atoms with Crippen molar-refractivity contribution in [2.24, 2.45) is 0 Å². The van der Waals surface area contributed by atoms with E-state index in [1.807, 2.05) is 18.2 Å². The minimum Gasteiger partial charge on any atom is -0.497 e. The predicted octanol–water partition coefficient (Wildman–Crippen LogP) is 2.53. The molecule has 1 aromatic heterocycles. The van der Waals surface area contributed by atoms with Crippen molar-refractivity contribution < 1.29 is 19.1 Å². The van der Waals surface area contributed by atoms with Crippen LogP contribution in [-0.2, 0) is 22.6 Å². The van der Waals surface area contributed by atoms with E-state index >= 15 is 0 Å². The highest BCUT2D eigenvalue weighted by atomic mass is 16.5. The second-order valence-electron chi connectivity index (χ2n) is 7.20. The van der Waals surface area contributed by atoms with Gasteiger partial charge in [0.15, 0.2) is 0 Å². The fraction of sp³-hybridized carbons (Fsp3) is 0.476. The number of rotatable bonds is 9. The zero-order valence-electron chi connectivity index (χ0n) is 16.9. The molecule has 2 aromatic rings. The molecule has 156 valence electrons. The molecule has 0 saturated heterocycles. The summed E-state index contributed by atoms with van der Waals surface area (Å²) in [6.07, 6.45) is 8.45. The van der Waals surface area contributed by atoms with E-state index in [4.69, 9.17) is 9.47 Å². The molecular formula is C21H28N4O4. The first-order chi connectivity index (χ1) is 14.1. The Balaban J connectivity index is 1.48. The van der Waals surface area contributed by atoms with E-state index in [0.29, 0.717) is 12.1 Å². The van der Waals surface area contributed by atoms with Gasteiger partial charge in [-0.05, 0) is 43.0 Å². The number of ether oxygens (including phenoxy) is 2. The Labute approximate surface area is 170 Å². The Morgan fingerprint density at radius 1 is 1.17 bits per heavy atom. The SMILES string of the molecule is COc1ccc(OC)c(CCC(=O)Nc2cnn(CC(=O)NC3CCCC3)c2)c1. The standard InChI is InChI=1S/C21H28N4O4/c1-28-18-8-9-19(29-2)15(11-18)7-10-20(26)24-17-12-22-25(13-17)14-21(27)23-16-5-3-4-6-16/h8-9,11-13,16H,3-7,10,14H2,1-2H3,(H,23,27)(H,24,26). The molecule has 0 atom stereocenters. The van der Waals surface area contributed by atoms with Crippen molar-refractivity contribution in [3.63, 3.8) is 0 Å². The first-order valence-electron chi connectivity index (χ1n) is 9.90. The summed E-state index contributed by atoms with van der Waals surface area (Å²) in [7, 11) is 3.20. The van der Waals surface area contributed by atoms with Crippen LogP contribution >= 0.6 is 0 Å². The third kappa shape index (κ3) is 5.97. The van der Waals surface area contributed by atoms with E-state index in [0.717, 1.165) is 29.9 Å². The van der Waals surface area contributed by atoms with E-state index in [2.05, 4.69) is 15.7 Å². The molecule has 0 radical (unpaired) electrons. The molecule has 3 rings (SSSR count). The Hall–Kier alpha value is -3.03. The smallest absolute Gasteiger partial charge is 0.241 e. The topological polar surface area (TPSA) is 94.5 Å². The molecule has 1 aliphatic carbocycles. The summed E-state index contributed by atoms with van der Waals surface area (Å²) in [5.74, 6) is 1.26. The maximum absolute atomic E-state index is 12.3. The number of carbonyl (C=O) groups is 2. The van der Waals surface area contributed by atoms with Gasteiger partial charge < -0.3 is 20.1 Å². The Morgan fingerprint density at radius 2 is 1.97 bits per heavy atom. The molecule has 8 nitrogen and oxygen atoms in total. The monoisotopic (exact) mass is 400 g/mol. The number of amides is 2. The van der Waals surface area contributed by atoms with Crippen molar-refractivity contribution in [1.29, 1.82) is 0 Å². The Morgan fingerprint density at radius 3 is 2.69 bits per heavy atom. The first kappa shape index (κ1) is 20.7. The average Bonchev–Trinajstić information content (AvgIpc) is 3.38. The fourth-order valence-electron chi connectivity index (χ4n) is 3.55. The second-order valence-corrected chi connectivity index (χ2v) is 7.20. The van der Waals surface area contributed by atoms with Gasteiger partial charge in [-0.15, -0.1) is 0 Å². The van der Waals surface area contributed by atoms with Crippen molar-refractivity contribution in [3.05, 3.63) is 36.2 Å². The lowest BCUT2D eigenvalue weighted by molar-refractivity contribution is -0.122. The molecule has 2 N–H and O–H groups in total. The van der Waals surface area contributed by atoms with Crippen LogP contribution in [-0.4, -0.2) is 41.9 Å². The molecule has 0 aliphatic heterocycles.